The molecule has 3 heterocycles. The Hall–Kier alpha value is -3.20. The number of non-ortho nitro benzene ring substituents is 1. The van der Waals surface area contributed by atoms with Crippen LogP contribution in [-0.4, -0.2) is 63.8 Å². The minimum atomic E-state index is -1.63. The number of nitrogen functional groups attached to an aromatic ring is 1. The summed E-state index contributed by atoms with van der Waals surface area (Å²) >= 11 is 4.48. The zero-order valence-electron chi connectivity index (χ0n) is 15.7. The number of rotatable bonds is 5. The van der Waals surface area contributed by atoms with Gasteiger partial charge in [0.25, 0.3) is 11.2 Å². The van der Waals surface area contributed by atoms with E-state index < -0.39 is 40.3 Å². The van der Waals surface area contributed by atoms with Gasteiger partial charge in [-0.05, 0) is 6.07 Å². The minimum absolute atomic E-state index is 0.0102. The summed E-state index contributed by atoms with van der Waals surface area (Å²) in [6, 6.07) is 3.46. The minimum Gasteiger partial charge on any atom is -0.508 e. The van der Waals surface area contributed by atoms with Gasteiger partial charge in [-0.25, -0.2) is 4.98 Å². The monoisotopic (exact) mass is 450 g/mol. The van der Waals surface area contributed by atoms with Gasteiger partial charge in [0.2, 0.25) is 5.95 Å². The molecule has 13 nitrogen and oxygen atoms in total. The predicted octanol–water partition coefficient (Wildman–Crippen LogP) is -0.739. The van der Waals surface area contributed by atoms with Gasteiger partial charge in [0.05, 0.1) is 29.2 Å². The van der Waals surface area contributed by atoms with Crippen molar-refractivity contribution in [1.29, 1.82) is 0 Å². The predicted molar refractivity (Wildman–Crippen MR) is 110 cm³/mol. The Morgan fingerprint density at radius 1 is 1.45 bits per heavy atom. The summed E-state index contributed by atoms with van der Waals surface area (Å²) in [4.78, 5) is 33.3. The number of nitro groups is 1. The normalized spacial score (nSPS) is 25.8. The van der Waals surface area contributed by atoms with Gasteiger partial charge in [-0.1, -0.05) is 0 Å². The number of nitrogens with two attached hydrogens (primary N) is 1. The average Bonchev–Trinajstić information content (AvgIpc) is 3.25. The second-order valence-corrected chi connectivity index (χ2v) is 7.66. The Kier molecular flexibility index (Phi) is 5.09. The molecule has 4 rings (SSSR count). The summed E-state index contributed by atoms with van der Waals surface area (Å²) in [5.41, 5.74) is 3.21. The van der Waals surface area contributed by atoms with Crippen LogP contribution in [0.2, 0.25) is 0 Å². The van der Waals surface area contributed by atoms with Crippen LogP contribution in [0.25, 0.3) is 11.2 Å². The molecule has 3 aromatic rings. The zero-order chi connectivity index (χ0) is 22.5. The summed E-state index contributed by atoms with van der Waals surface area (Å²) in [6.45, 7) is -0.552. The second-order valence-electron chi connectivity index (χ2n) is 7.10. The molecule has 1 aromatic carbocycles. The number of nitro benzene ring substituents is 1. The van der Waals surface area contributed by atoms with Crippen LogP contribution in [0, 0.1) is 10.1 Å². The molecule has 0 aliphatic carbocycles. The maximum Gasteiger partial charge on any atom is 0.280 e. The number of aliphatic hydroxyl groups excluding tert-OH is 2. The van der Waals surface area contributed by atoms with Crippen LogP contribution in [0.4, 0.5) is 11.6 Å². The number of imidazole rings is 1. The number of hydrogen-bond acceptors (Lipinski definition) is 11. The van der Waals surface area contributed by atoms with E-state index in [1.54, 1.807) is 0 Å². The molecule has 0 radical (unpaired) electrons. The van der Waals surface area contributed by atoms with Gasteiger partial charge in [-0.2, -0.15) is 17.6 Å². The van der Waals surface area contributed by atoms with E-state index in [0.717, 1.165) is 18.2 Å². The van der Waals surface area contributed by atoms with Gasteiger partial charge in [-0.15, -0.1) is 0 Å². The standard InChI is InChI=1S/C17H18N6O7S/c18-16-20-14-11(15(27)21-16)19-6-22(14)17(13(31)12(26)10(5-24)30-17)4-7-3-8(23(28)29)1-2-9(7)25/h1-3,6,10,12-13,24-26,31H,4-5H2,(H3,18,20,21,27)/t10-,12-,13-,17-/m1/s1. The fourth-order valence-electron chi connectivity index (χ4n) is 3.75. The van der Waals surface area contributed by atoms with E-state index in [-0.39, 0.29) is 40.5 Å². The highest BCUT2D eigenvalue weighted by Crippen LogP contribution is 2.44. The molecular formula is C17H18N6O7S. The van der Waals surface area contributed by atoms with Crippen molar-refractivity contribution < 1.29 is 25.0 Å². The summed E-state index contributed by atoms with van der Waals surface area (Å²) < 4.78 is 7.31. The number of aromatic amines is 1. The lowest BCUT2D eigenvalue weighted by Gasteiger charge is -2.34. The van der Waals surface area contributed by atoms with Crippen molar-refractivity contribution in [3.05, 3.63) is 50.6 Å². The molecule has 6 N–H and O–H groups in total. The summed E-state index contributed by atoms with van der Waals surface area (Å²) in [5, 5.41) is 40.8. The van der Waals surface area contributed by atoms with Crippen molar-refractivity contribution in [3.8, 4) is 5.75 Å². The molecule has 164 valence electrons. The fraction of sp³-hybridized carbons (Fsp3) is 0.353. The first-order valence-corrected chi connectivity index (χ1v) is 9.54. The van der Waals surface area contributed by atoms with Crippen molar-refractivity contribution >= 4 is 35.4 Å². The van der Waals surface area contributed by atoms with E-state index in [1.807, 2.05) is 0 Å². The van der Waals surface area contributed by atoms with Crippen LogP contribution in [0.15, 0.2) is 29.3 Å². The number of nitrogens with zero attached hydrogens (tertiary/aromatic N) is 4. The van der Waals surface area contributed by atoms with Crippen molar-refractivity contribution in [2.75, 3.05) is 12.3 Å². The molecule has 31 heavy (non-hydrogen) atoms. The van der Waals surface area contributed by atoms with Crippen molar-refractivity contribution in [3.63, 3.8) is 0 Å². The van der Waals surface area contributed by atoms with E-state index in [2.05, 4.69) is 27.6 Å². The van der Waals surface area contributed by atoms with Gasteiger partial charge in [0.15, 0.2) is 16.9 Å². The van der Waals surface area contributed by atoms with Crippen LogP contribution < -0.4 is 11.3 Å². The van der Waals surface area contributed by atoms with Crippen LogP contribution in [0.5, 0.6) is 5.75 Å². The number of fused-ring (bicyclic) bond motifs is 1. The number of thiol groups is 1. The van der Waals surface area contributed by atoms with Crippen LogP contribution in [0.1, 0.15) is 5.56 Å². The SMILES string of the molecule is Nc1nc2c(ncn2[C@]2(Cc3cc([N+](=O)[O-])ccc3O)O[C@H](CO)[C@@H](O)[C@H]2S)c(=O)[nH]1. The van der Waals surface area contributed by atoms with E-state index in [4.69, 9.17) is 10.5 Å². The Balaban J connectivity index is 1.94. The van der Waals surface area contributed by atoms with Crippen molar-refractivity contribution in [1.82, 2.24) is 19.5 Å². The summed E-state index contributed by atoms with van der Waals surface area (Å²) in [6.07, 6.45) is -1.33. The first-order valence-electron chi connectivity index (χ1n) is 9.02. The largest absolute Gasteiger partial charge is 0.508 e. The van der Waals surface area contributed by atoms with E-state index >= 15 is 0 Å². The number of nitrogens with one attached hydrogen (secondary N) is 1. The molecule has 0 bridgehead atoms. The first kappa shape index (κ1) is 21.0. The summed E-state index contributed by atoms with van der Waals surface area (Å²) in [7, 11) is 0. The zero-order valence-corrected chi connectivity index (χ0v) is 16.6. The number of aliphatic hydroxyl groups is 2. The molecule has 1 saturated heterocycles. The molecule has 0 spiro atoms. The van der Waals surface area contributed by atoms with Crippen LogP contribution >= 0.6 is 12.6 Å². The van der Waals surface area contributed by atoms with Crippen LogP contribution in [0.3, 0.4) is 0 Å². The average molecular weight is 450 g/mol. The second kappa shape index (κ2) is 7.49. The molecule has 0 amide bonds. The van der Waals surface area contributed by atoms with Gasteiger partial charge >= 0.3 is 0 Å². The molecule has 0 unspecified atom stereocenters. The third-order valence-electron chi connectivity index (χ3n) is 5.25. The molecule has 2 aromatic heterocycles. The molecule has 0 saturated carbocycles. The smallest absolute Gasteiger partial charge is 0.280 e. The topological polar surface area (TPSA) is 203 Å². The Morgan fingerprint density at radius 3 is 2.84 bits per heavy atom. The Bertz CT molecular complexity index is 1230. The molecule has 1 aliphatic heterocycles. The fourth-order valence-corrected chi connectivity index (χ4v) is 4.22. The number of ether oxygens (including phenoxy) is 1. The third-order valence-corrected chi connectivity index (χ3v) is 5.96. The number of aromatic hydroxyl groups is 1. The Labute approximate surface area is 178 Å². The van der Waals surface area contributed by atoms with Gasteiger partial charge in [0.1, 0.15) is 11.9 Å². The number of phenolic OH excluding ortho intramolecular Hbond substituents is 1. The maximum absolute atomic E-state index is 12.2. The molecule has 14 heteroatoms. The van der Waals surface area contributed by atoms with Crippen LogP contribution in [-0.2, 0) is 16.9 Å². The highest BCUT2D eigenvalue weighted by molar-refractivity contribution is 7.81. The Morgan fingerprint density at radius 2 is 2.19 bits per heavy atom. The number of benzene rings is 1. The highest BCUT2D eigenvalue weighted by atomic mass is 32.1. The van der Waals surface area contributed by atoms with Gasteiger partial charge in [0, 0.05) is 24.1 Å². The molecule has 1 aliphatic rings. The quantitative estimate of drug-likeness (QED) is 0.163. The highest BCUT2D eigenvalue weighted by Gasteiger charge is 2.55. The maximum atomic E-state index is 12.2. The lowest BCUT2D eigenvalue weighted by Crippen LogP contribution is -2.44. The lowest BCUT2D eigenvalue weighted by molar-refractivity contribution is -0.385. The van der Waals surface area contributed by atoms with Gasteiger partial charge in [-0.3, -0.25) is 24.5 Å². The van der Waals surface area contributed by atoms with E-state index in [1.165, 1.54) is 10.9 Å². The number of phenols is 1. The molecule has 4 atom stereocenters. The summed E-state index contributed by atoms with van der Waals surface area (Å²) in [5.74, 6) is -0.452. The number of aromatic nitrogens is 4. The number of H-pyrrole nitrogens is 1. The number of hydrogen-bond donors (Lipinski definition) is 6. The molecular weight excluding hydrogens is 432 g/mol. The first-order chi connectivity index (χ1) is 14.7. The van der Waals surface area contributed by atoms with Crippen molar-refractivity contribution in [2.24, 2.45) is 0 Å². The van der Waals surface area contributed by atoms with Crippen molar-refractivity contribution in [2.45, 2.75) is 29.6 Å². The van der Waals surface area contributed by atoms with E-state index in [9.17, 15) is 30.2 Å². The lowest BCUT2D eigenvalue weighted by atomic mass is 9.96. The number of anilines is 1. The molecule has 1 fully saturated rings. The van der Waals surface area contributed by atoms with E-state index in [0.29, 0.717) is 0 Å². The van der Waals surface area contributed by atoms with Gasteiger partial charge < -0.3 is 25.8 Å². The third kappa shape index (κ3) is 3.29.